The zero-order valence-electron chi connectivity index (χ0n) is 20.8. The number of hydrogen-bond donors (Lipinski definition) is 0. The molecule has 1 saturated carbocycles. The number of nitrogens with zero attached hydrogens (tertiary/aromatic N) is 1. The first-order chi connectivity index (χ1) is 15.0. The summed E-state index contributed by atoms with van der Waals surface area (Å²) in [5, 5.41) is 3.85. The fraction of sp³-hybridized carbons (Fsp3) is 0.414. The van der Waals surface area contributed by atoms with Crippen LogP contribution in [-0.2, 0) is 20.1 Å². The Balaban J connectivity index is 0.00000259. The molecule has 0 saturated heterocycles. The van der Waals surface area contributed by atoms with Crippen LogP contribution in [0.1, 0.15) is 52.0 Å². The van der Waals surface area contributed by atoms with Crippen LogP contribution >= 0.6 is 0 Å². The predicted molar refractivity (Wildman–Crippen MR) is 138 cm³/mol. The Kier molecular flexibility index (Phi) is 6.05. The summed E-state index contributed by atoms with van der Waals surface area (Å²) in [6.07, 6.45) is 4.49. The topological polar surface area (TPSA) is 26.0 Å². The van der Waals surface area contributed by atoms with Crippen molar-refractivity contribution in [1.29, 1.82) is 0 Å². The molecule has 2 nitrogen and oxygen atoms in total. The van der Waals surface area contributed by atoms with Gasteiger partial charge in [0.2, 0.25) is 0 Å². The fourth-order valence-electron chi connectivity index (χ4n) is 6.21. The third-order valence-corrected chi connectivity index (χ3v) is 9.62. The fourth-order valence-corrected chi connectivity index (χ4v) is 7.71. The minimum Gasteiger partial charge on any atom is -0.501 e. The van der Waals surface area contributed by atoms with Gasteiger partial charge in [-0.05, 0) is 53.0 Å². The van der Waals surface area contributed by atoms with Gasteiger partial charge in [-0.15, -0.1) is 17.3 Å². The number of hydrogen-bond acceptors (Lipinski definition) is 2. The molecule has 4 heteroatoms. The number of aromatic nitrogens is 1. The van der Waals surface area contributed by atoms with Crippen LogP contribution in [0.15, 0.2) is 53.1 Å². The van der Waals surface area contributed by atoms with Gasteiger partial charge in [0.1, 0.15) is 5.58 Å². The average molecular weight is 633 g/mol. The monoisotopic (exact) mass is 633 g/mol. The van der Waals surface area contributed by atoms with Crippen molar-refractivity contribution in [2.75, 3.05) is 0 Å². The summed E-state index contributed by atoms with van der Waals surface area (Å²) in [7, 11) is -1.58. The van der Waals surface area contributed by atoms with Crippen LogP contribution in [0.2, 0.25) is 19.6 Å². The van der Waals surface area contributed by atoms with Crippen LogP contribution in [0, 0.1) is 16.9 Å². The molecule has 1 fully saturated rings. The molecule has 2 aromatic carbocycles. The van der Waals surface area contributed by atoms with Crippen molar-refractivity contribution in [3.05, 3.63) is 60.3 Å². The molecular formula is C29H34IrNOSi-. The third-order valence-electron chi connectivity index (χ3n) is 7.61. The van der Waals surface area contributed by atoms with E-state index in [2.05, 4.69) is 89.8 Å². The van der Waals surface area contributed by atoms with E-state index in [1.54, 1.807) is 0 Å². The van der Waals surface area contributed by atoms with Gasteiger partial charge in [-0.3, -0.25) is 0 Å². The second-order valence-electron chi connectivity index (χ2n) is 12.0. The molecule has 1 aliphatic rings. The second-order valence-corrected chi connectivity index (χ2v) is 17.1. The summed E-state index contributed by atoms with van der Waals surface area (Å²) in [6.45, 7) is 16.8. The zero-order chi connectivity index (χ0) is 22.9. The van der Waals surface area contributed by atoms with E-state index in [0.29, 0.717) is 5.92 Å². The summed E-state index contributed by atoms with van der Waals surface area (Å²) in [4.78, 5) is 4.81. The number of para-hydroxylation sites is 1. The van der Waals surface area contributed by atoms with Crippen LogP contribution < -0.4 is 5.19 Å². The van der Waals surface area contributed by atoms with E-state index in [1.165, 1.54) is 34.4 Å². The number of pyridine rings is 1. The van der Waals surface area contributed by atoms with Crippen molar-refractivity contribution in [3.8, 4) is 11.3 Å². The van der Waals surface area contributed by atoms with Crippen molar-refractivity contribution in [3.63, 3.8) is 0 Å². The molecule has 33 heavy (non-hydrogen) atoms. The first-order valence-corrected chi connectivity index (χ1v) is 15.3. The first-order valence-electron chi connectivity index (χ1n) is 11.8. The Morgan fingerprint density at radius 3 is 2.33 bits per heavy atom. The molecule has 2 heterocycles. The molecule has 175 valence electrons. The van der Waals surface area contributed by atoms with Gasteiger partial charge in [0.25, 0.3) is 0 Å². The van der Waals surface area contributed by atoms with Crippen molar-refractivity contribution in [2.24, 2.45) is 10.8 Å². The molecule has 1 radical (unpaired) electrons. The molecular weight excluding hydrogens is 599 g/mol. The molecule has 0 bridgehead atoms. The van der Waals surface area contributed by atoms with Gasteiger partial charge in [-0.1, -0.05) is 82.6 Å². The minimum absolute atomic E-state index is 0. The number of benzene rings is 2. The maximum absolute atomic E-state index is 6.47. The van der Waals surface area contributed by atoms with E-state index in [9.17, 15) is 0 Å². The van der Waals surface area contributed by atoms with Gasteiger partial charge in [-0.2, -0.15) is 0 Å². The van der Waals surface area contributed by atoms with Crippen LogP contribution in [0.5, 0.6) is 0 Å². The molecule has 0 unspecified atom stereocenters. The molecule has 0 amide bonds. The molecule has 0 aliphatic heterocycles. The average Bonchev–Trinajstić information content (AvgIpc) is 3.20. The van der Waals surface area contributed by atoms with E-state index in [0.717, 1.165) is 22.4 Å². The number of furan rings is 1. The van der Waals surface area contributed by atoms with Crippen LogP contribution in [0.25, 0.3) is 33.2 Å². The summed E-state index contributed by atoms with van der Waals surface area (Å²) < 4.78 is 6.47. The first kappa shape index (κ1) is 24.4. The summed E-state index contributed by atoms with van der Waals surface area (Å²) in [6, 6.07) is 18.7. The summed E-state index contributed by atoms with van der Waals surface area (Å²) in [5.41, 5.74) is 5.76. The third kappa shape index (κ3) is 4.05. The Morgan fingerprint density at radius 2 is 1.67 bits per heavy atom. The smallest absolute Gasteiger partial charge is 0.120 e. The van der Waals surface area contributed by atoms with E-state index in [4.69, 9.17) is 9.40 Å². The summed E-state index contributed by atoms with van der Waals surface area (Å²) >= 11 is 0. The molecule has 2 aromatic heterocycles. The molecule has 5 rings (SSSR count). The van der Waals surface area contributed by atoms with Crippen molar-refractivity contribution in [2.45, 2.75) is 66.1 Å². The Labute approximate surface area is 212 Å². The second kappa shape index (κ2) is 8.18. The van der Waals surface area contributed by atoms with Crippen molar-refractivity contribution >= 4 is 35.2 Å². The molecule has 0 N–H and O–H groups in total. The van der Waals surface area contributed by atoms with Gasteiger partial charge in [0.15, 0.2) is 0 Å². The standard InChI is InChI=1S/C29H34NOSi.Ir/c1-28(2)15-16-29(3,4)27(28)19-14-17-30-22(18-19)20-12-13-24(32(5,6)7)25-21-10-8-9-11-23(21)31-26(20)25;/h8-11,13-14,17-18,27H,15-16H2,1-7H3;/q-1;. The molecule has 0 spiro atoms. The van der Waals surface area contributed by atoms with Crippen molar-refractivity contribution < 1.29 is 24.5 Å². The van der Waals surface area contributed by atoms with E-state index in [1.807, 2.05) is 12.3 Å². The molecule has 1 aliphatic carbocycles. The molecule has 0 atom stereocenters. The van der Waals surface area contributed by atoms with Crippen molar-refractivity contribution in [1.82, 2.24) is 4.98 Å². The SMILES string of the molecule is CC1(C)CCC(C)(C)C1c1ccnc(-c2[c-]cc([Si](C)(C)C)c3c2oc2ccccc23)c1.[Ir]. The van der Waals surface area contributed by atoms with Gasteiger partial charge < -0.3 is 9.40 Å². The number of fused-ring (bicyclic) bond motifs is 3. The maximum Gasteiger partial charge on any atom is 0.120 e. The van der Waals surface area contributed by atoms with Crippen LogP contribution in [-0.4, -0.2) is 13.1 Å². The zero-order valence-corrected chi connectivity index (χ0v) is 24.2. The normalized spacial score (nSPS) is 18.0. The van der Waals surface area contributed by atoms with Crippen LogP contribution in [0.4, 0.5) is 0 Å². The minimum atomic E-state index is -1.58. The predicted octanol–water partition coefficient (Wildman–Crippen LogP) is 7.92. The van der Waals surface area contributed by atoms with E-state index >= 15 is 0 Å². The Bertz CT molecular complexity index is 1310. The molecule has 4 aromatic rings. The van der Waals surface area contributed by atoms with Gasteiger partial charge >= 0.3 is 0 Å². The Hall–Kier alpha value is -1.74. The van der Waals surface area contributed by atoms with Gasteiger partial charge in [0, 0.05) is 39.8 Å². The van der Waals surface area contributed by atoms with Gasteiger partial charge in [0.05, 0.1) is 5.58 Å². The Morgan fingerprint density at radius 1 is 1.00 bits per heavy atom. The van der Waals surface area contributed by atoms with E-state index < -0.39 is 8.07 Å². The van der Waals surface area contributed by atoms with E-state index in [-0.39, 0.29) is 30.9 Å². The number of rotatable bonds is 3. The summed E-state index contributed by atoms with van der Waals surface area (Å²) in [5.74, 6) is 0.504. The maximum atomic E-state index is 6.47. The van der Waals surface area contributed by atoms with Crippen LogP contribution in [0.3, 0.4) is 0 Å². The quantitative estimate of drug-likeness (QED) is 0.169. The van der Waals surface area contributed by atoms with Gasteiger partial charge in [-0.25, -0.2) is 0 Å². The largest absolute Gasteiger partial charge is 0.501 e.